The predicted octanol–water partition coefficient (Wildman–Crippen LogP) is 1.94. The van der Waals surface area contributed by atoms with Gasteiger partial charge in [0.05, 0.1) is 4.47 Å². The fourth-order valence-electron chi connectivity index (χ4n) is 1.32. The van der Waals surface area contributed by atoms with Gasteiger partial charge in [0.15, 0.2) is 0 Å². The molecule has 1 aromatic rings. The van der Waals surface area contributed by atoms with Crippen LogP contribution >= 0.6 is 15.9 Å². The first-order valence-corrected chi connectivity index (χ1v) is 5.74. The summed E-state index contributed by atoms with van der Waals surface area (Å²) in [5.74, 6) is -0.635. The van der Waals surface area contributed by atoms with Gasteiger partial charge < -0.3 is 11.1 Å². The summed E-state index contributed by atoms with van der Waals surface area (Å²) in [4.78, 5) is 10.6. The largest absolute Gasteiger partial charge is 0.370 e. The van der Waals surface area contributed by atoms with Crippen molar-refractivity contribution in [3.8, 4) is 0 Å². The van der Waals surface area contributed by atoms with Crippen LogP contribution in [0.4, 0.5) is 4.39 Å². The number of halogens is 2. The molecule has 0 spiro atoms. The molecule has 16 heavy (non-hydrogen) atoms. The number of nitrogens with one attached hydrogen (secondary N) is 1. The summed E-state index contributed by atoms with van der Waals surface area (Å²) in [6.45, 7) is 2.37. The van der Waals surface area contributed by atoms with Crippen molar-refractivity contribution >= 4 is 21.8 Å². The number of carbonyl (C=O) groups is 1. The minimum Gasteiger partial charge on any atom is -0.370 e. The van der Waals surface area contributed by atoms with Gasteiger partial charge in [-0.15, -0.1) is 0 Å². The van der Waals surface area contributed by atoms with E-state index in [4.69, 9.17) is 5.73 Å². The van der Waals surface area contributed by atoms with Gasteiger partial charge in [0, 0.05) is 19.0 Å². The molecule has 0 saturated heterocycles. The molecule has 0 heterocycles. The summed E-state index contributed by atoms with van der Waals surface area (Å²) in [5, 5.41) is 3.09. The first-order chi connectivity index (χ1) is 7.49. The number of primary amides is 1. The summed E-state index contributed by atoms with van der Waals surface area (Å²) in [5.41, 5.74) is 5.89. The maximum Gasteiger partial charge on any atom is 0.218 e. The van der Waals surface area contributed by atoms with Gasteiger partial charge in [-0.05, 0) is 40.5 Å². The van der Waals surface area contributed by atoms with Crippen molar-refractivity contribution in [2.24, 2.45) is 5.73 Å². The number of nitrogens with two attached hydrogens (primary N) is 1. The van der Waals surface area contributed by atoms with Gasteiger partial charge in [-0.2, -0.15) is 0 Å². The highest BCUT2D eigenvalue weighted by atomic mass is 79.9. The summed E-state index contributed by atoms with van der Waals surface area (Å²) < 4.78 is 13.6. The molecule has 1 rings (SSSR count). The molecule has 0 saturated carbocycles. The van der Waals surface area contributed by atoms with Crippen molar-refractivity contribution in [3.63, 3.8) is 0 Å². The van der Waals surface area contributed by atoms with Crippen LogP contribution in [-0.4, -0.2) is 11.9 Å². The van der Waals surface area contributed by atoms with E-state index in [1.54, 1.807) is 6.07 Å². The SMILES string of the molecule is CC(CC(N)=O)NCc1ccc(Br)c(F)c1. The topological polar surface area (TPSA) is 55.1 Å². The molecule has 0 aliphatic rings. The van der Waals surface area contributed by atoms with Crippen molar-refractivity contribution in [2.45, 2.75) is 25.9 Å². The van der Waals surface area contributed by atoms with E-state index in [0.29, 0.717) is 11.0 Å². The smallest absolute Gasteiger partial charge is 0.218 e. The lowest BCUT2D eigenvalue weighted by molar-refractivity contribution is -0.118. The van der Waals surface area contributed by atoms with E-state index in [1.807, 2.05) is 13.0 Å². The summed E-state index contributed by atoms with van der Waals surface area (Å²) in [7, 11) is 0. The molecule has 3 nitrogen and oxygen atoms in total. The number of hydrogen-bond donors (Lipinski definition) is 2. The molecule has 5 heteroatoms. The Morgan fingerprint density at radius 2 is 2.31 bits per heavy atom. The van der Waals surface area contributed by atoms with Gasteiger partial charge in [-0.1, -0.05) is 6.07 Å². The number of rotatable bonds is 5. The first kappa shape index (κ1) is 13.1. The van der Waals surface area contributed by atoms with Crippen LogP contribution in [0.5, 0.6) is 0 Å². The van der Waals surface area contributed by atoms with E-state index in [-0.39, 0.29) is 24.2 Å². The predicted molar refractivity (Wildman–Crippen MR) is 64.2 cm³/mol. The Hall–Kier alpha value is -0.940. The molecule has 0 aliphatic heterocycles. The van der Waals surface area contributed by atoms with Crippen LogP contribution in [-0.2, 0) is 11.3 Å². The average Bonchev–Trinajstić information content (AvgIpc) is 2.19. The van der Waals surface area contributed by atoms with E-state index in [9.17, 15) is 9.18 Å². The molecule has 3 N–H and O–H groups in total. The molecular formula is C11H14BrFN2O. The molecule has 1 unspecified atom stereocenters. The van der Waals surface area contributed by atoms with Gasteiger partial charge >= 0.3 is 0 Å². The molecule has 0 aromatic heterocycles. The van der Waals surface area contributed by atoms with Gasteiger partial charge in [0.25, 0.3) is 0 Å². The van der Waals surface area contributed by atoms with Crippen molar-refractivity contribution in [2.75, 3.05) is 0 Å². The van der Waals surface area contributed by atoms with Crippen molar-refractivity contribution in [1.29, 1.82) is 0 Å². The van der Waals surface area contributed by atoms with E-state index >= 15 is 0 Å². The molecule has 0 bridgehead atoms. The van der Waals surface area contributed by atoms with E-state index in [2.05, 4.69) is 21.2 Å². The second kappa shape index (κ2) is 5.96. The van der Waals surface area contributed by atoms with Crippen LogP contribution in [0, 0.1) is 5.82 Å². The van der Waals surface area contributed by atoms with Crippen molar-refractivity contribution in [1.82, 2.24) is 5.32 Å². The van der Waals surface area contributed by atoms with Crippen LogP contribution in [0.1, 0.15) is 18.9 Å². The normalized spacial score (nSPS) is 12.4. The minimum atomic E-state index is -0.345. The molecule has 1 aromatic carbocycles. The van der Waals surface area contributed by atoms with Gasteiger partial charge in [-0.3, -0.25) is 4.79 Å². The Balaban J connectivity index is 2.48. The zero-order chi connectivity index (χ0) is 12.1. The number of hydrogen-bond acceptors (Lipinski definition) is 2. The van der Waals surface area contributed by atoms with E-state index in [0.717, 1.165) is 5.56 Å². The molecule has 1 atom stereocenters. The zero-order valence-electron chi connectivity index (χ0n) is 8.97. The second-order valence-electron chi connectivity index (χ2n) is 3.70. The van der Waals surface area contributed by atoms with Gasteiger partial charge in [0.2, 0.25) is 5.91 Å². The maximum absolute atomic E-state index is 13.2. The Morgan fingerprint density at radius 3 is 2.88 bits per heavy atom. The third-order valence-electron chi connectivity index (χ3n) is 2.15. The molecule has 0 radical (unpaired) electrons. The van der Waals surface area contributed by atoms with Crippen LogP contribution in [0.15, 0.2) is 22.7 Å². The van der Waals surface area contributed by atoms with E-state index < -0.39 is 0 Å². The summed E-state index contributed by atoms with van der Waals surface area (Å²) >= 11 is 3.09. The molecular weight excluding hydrogens is 275 g/mol. The highest BCUT2D eigenvalue weighted by molar-refractivity contribution is 9.10. The number of benzene rings is 1. The quantitative estimate of drug-likeness (QED) is 0.870. The van der Waals surface area contributed by atoms with Gasteiger partial charge in [0.1, 0.15) is 5.82 Å². The van der Waals surface area contributed by atoms with Crippen LogP contribution in [0.2, 0.25) is 0 Å². The first-order valence-electron chi connectivity index (χ1n) is 4.94. The number of carbonyl (C=O) groups excluding carboxylic acids is 1. The highest BCUT2D eigenvalue weighted by Crippen LogP contribution is 2.16. The zero-order valence-corrected chi connectivity index (χ0v) is 10.6. The van der Waals surface area contributed by atoms with Crippen LogP contribution in [0.3, 0.4) is 0 Å². The third kappa shape index (κ3) is 4.28. The fraction of sp³-hybridized carbons (Fsp3) is 0.364. The maximum atomic E-state index is 13.2. The second-order valence-corrected chi connectivity index (χ2v) is 4.56. The lowest BCUT2D eigenvalue weighted by Crippen LogP contribution is -2.30. The Bertz CT molecular complexity index is 384. The van der Waals surface area contributed by atoms with Crippen LogP contribution in [0.25, 0.3) is 0 Å². The summed E-state index contributed by atoms with van der Waals surface area (Å²) in [6, 6.07) is 4.92. The van der Waals surface area contributed by atoms with E-state index in [1.165, 1.54) is 6.07 Å². The number of amides is 1. The van der Waals surface area contributed by atoms with Crippen LogP contribution < -0.4 is 11.1 Å². The lowest BCUT2D eigenvalue weighted by Gasteiger charge is -2.11. The molecule has 0 aliphatic carbocycles. The van der Waals surface area contributed by atoms with Crippen molar-refractivity contribution in [3.05, 3.63) is 34.1 Å². The molecule has 88 valence electrons. The summed E-state index contributed by atoms with van der Waals surface area (Å²) in [6.07, 6.45) is 0.277. The monoisotopic (exact) mass is 288 g/mol. The Kier molecular flexibility index (Phi) is 4.89. The molecule has 1 amide bonds. The van der Waals surface area contributed by atoms with Crippen molar-refractivity contribution < 1.29 is 9.18 Å². The highest BCUT2D eigenvalue weighted by Gasteiger charge is 2.06. The average molecular weight is 289 g/mol. The Morgan fingerprint density at radius 1 is 1.62 bits per heavy atom. The lowest BCUT2D eigenvalue weighted by atomic mass is 10.2. The fourth-order valence-corrected chi connectivity index (χ4v) is 1.56. The standard InChI is InChI=1S/C11H14BrFN2O/c1-7(4-11(14)16)15-6-8-2-3-9(12)10(13)5-8/h2-3,5,7,15H,4,6H2,1H3,(H2,14,16). The Labute approximate surface area is 102 Å². The third-order valence-corrected chi connectivity index (χ3v) is 2.79. The van der Waals surface area contributed by atoms with Gasteiger partial charge in [-0.25, -0.2) is 4.39 Å². The minimum absolute atomic E-state index is 0.00999. The molecule has 0 fully saturated rings.